The molecule has 1 aliphatic rings. The van der Waals surface area contributed by atoms with E-state index in [0.717, 1.165) is 0 Å². The van der Waals surface area contributed by atoms with Gasteiger partial charge in [-0.25, -0.2) is 0 Å². The van der Waals surface area contributed by atoms with Crippen molar-refractivity contribution >= 4 is 17.9 Å². The molecule has 0 aromatic heterocycles. The first-order chi connectivity index (χ1) is 14.5. The smallest absolute Gasteiger partial charge is 0.317 e. The zero-order valence-corrected chi connectivity index (χ0v) is 18.6. The SMILES string of the molecule is CC(C)CC(O)CN1CCN(CC(=O)O)CCN(CC(=O)O)CCN(CC(=O)O)CC1. The van der Waals surface area contributed by atoms with Crippen LogP contribution in [-0.2, 0) is 14.4 Å². The molecule has 0 aliphatic carbocycles. The number of nitrogens with zero attached hydrogens (tertiary/aromatic N) is 4. The molecule has 0 spiro atoms. The van der Waals surface area contributed by atoms with Crippen molar-refractivity contribution in [3.05, 3.63) is 0 Å². The van der Waals surface area contributed by atoms with E-state index in [0.29, 0.717) is 71.2 Å². The molecule has 1 heterocycles. The molecule has 1 fully saturated rings. The second-order valence-corrected chi connectivity index (χ2v) is 8.59. The van der Waals surface area contributed by atoms with Crippen molar-refractivity contribution in [2.45, 2.75) is 26.4 Å². The maximum absolute atomic E-state index is 11.3. The summed E-state index contributed by atoms with van der Waals surface area (Å²) in [5, 5.41) is 38.0. The summed E-state index contributed by atoms with van der Waals surface area (Å²) in [7, 11) is 0. The van der Waals surface area contributed by atoms with Gasteiger partial charge in [-0.2, -0.15) is 0 Å². The lowest BCUT2D eigenvalue weighted by Crippen LogP contribution is -2.49. The molecule has 11 heteroatoms. The van der Waals surface area contributed by atoms with E-state index in [4.69, 9.17) is 0 Å². The van der Waals surface area contributed by atoms with Crippen LogP contribution in [0.1, 0.15) is 20.3 Å². The monoisotopic (exact) mass is 446 g/mol. The summed E-state index contributed by atoms with van der Waals surface area (Å²) in [5.74, 6) is -2.53. The van der Waals surface area contributed by atoms with Gasteiger partial charge in [0.1, 0.15) is 0 Å². The average molecular weight is 447 g/mol. The van der Waals surface area contributed by atoms with Crippen LogP contribution in [0.2, 0.25) is 0 Å². The Labute approximate surface area is 183 Å². The molecule has 0 saturated carbocycles. The fourth-order valence-corrected chi connectivity index (χ4v) is 3.73. The molecule has 0 amide bonds. The van der Waals surface area contributed by atoms with Gasteiger partial charge < -0.3 is 20.4 Å². The Morgan fingerprint density at radius 3 is 1.19 bits per heavy atom. The first-order valence-corrected chi connectivity index (χ1v) is 10.8. The topological polar surface area (TPSA) is 145 Å². The van der Waals surface area contributed by atoms with Crippen LogP contribution in [0.15, 0.2) is 0 Å². The number of β-amino-alcohol motifs (C(OH)–C–C–N with tert-alkyl or cyclic N) is 1. The van der Waals surface area contributed by atoms with Crippen molar-refractivity contribution in [3.63, 3.8) is 0 Å². The van der Waals surface area contributed by atoms with E-state index >= 15 is 0 Å². The standard InChI is InChI=1S/C20H38N4O7/c1-16(2)11-17(25)12-21-3-5-22(13-18(26)27)7-9-24(15-20(30)31)10-8-23(6-4-21)14-19(28)29/h16-17,25H,3-15H2,1-2H3,(H,26,27)(H,28,29)(H,30,31). The number of rotatable bonds is 10. The third-order valence-corrected chi connectivity index (χ3v) is 5.22. The number of carboxylic acids is 3. The van der Waals surface area contributed by atoms with Gasteiger partial charge in [-0.05, 0) is 12.3 Å². The quantitative estimate of drug-likeness (QED) is 0.323. The van der Waals surface area contributed by atoms with E-state index in [-0.39, 0.29) is 19.6 Å². The first-order valence-electron chi connectivity index (χ1n) is 10.8. The molecule has 1 rings (SSSR count). The van der Waals surface area contributed by atoms with E-state index in [1.54, 1.807) is 14.7 Å². The lowest BCUT2D eigenvalue weighted by Gasteiger charge is -2.33. The summed E-state index contributed by atoms with van der Waals surface area (Å²) in [6.07, 6.45) is 0.137. The van der Waals surface area contributed by atoms with Crippen molar-refractivity contribution in [3.8, 4) is 0 Å². The second kappa shape index (κ2) is 14.3. The molecule has 1 atom stereocenters. The number of aliphatic hydroxyl groups excluding tert-OH is 1. The minimum absolute atomic E-state index is 0.144. The molecule has 0 bridgehead atoms. The van der Waals surface area contributed by atoms with E-state index in [9.17, 15) is 34.8 Å². The Hall–Kier alpha value is -1.79. The van der Waals surface area contributed by atoms with Gasteiger partial charge in [0.2, 0.25) is 0 Å². The molecule has 4 N–H and O–H groups in total. The molecule has 0 radical (unpaired) electrons. The van der Waals surface area contributed by atoms with Gasteiger partial charge in [0, 0.05) is 58.9 Å². The molecular formula is C20H38N4O7. The maximum atomic E-state index is 11.3. The lowest BCUT2D eigenvalue weighted by molar-refractivity contribution is -0.140. The van der Waals surface area contributed by atoms with Gasteiger partial charge in [-0.1, -0.05) is 13.8 Å². The zero-order valence-electron chi connectivity index (χ0n) is 18.6. The Balaban J connectivity index is 2.92. The van der Waals surface area contributed by atoms with Crippen LogP contribution in [0.4, 0.5) is 0 Å². The predicted octanol–water partition coefficient (Wildman–Crippen LogP) is -1.13. The zero-order chi connectivity index (χ0) is 23.4. The van der Waals surface area contributed by atoms with Gasteiger partial charge in [-0.3, -0.25) is 34.0 Å². The third-order valence-electron chi connectivity index (χ3n) is 5.22. The van der Waals surface area contributed by atoms with Gasteiger partial charge in [0.05, 0.1) is 25.7 Å². The number of hydrogen-bond acceptors (Lipinski definition) is 8. The summed E-state index contributed by atoms with van der Waals surface area (Å²) in [5.41, 5.74) is 0. The number of carboxylic acid groups (broad SMARTS) is 3. The number of hydrogen-bond donors (Lipinski definition) is 4. The molecular weight excluding hydrogens is 408 g/mol. The fourth-order valence-electron chi connectivity index (χ4n) is 3.73. The van der Waals surface area contributed by atoms with Crippen molar-refractivity contribution in [2.75, 3.05) is 78.5 Å². The highest BCUT2D eigenvalue weighted by atomic mass is 16.4. The molecule has 0 aromatic rings. The minimum atomic E-state index is -0.980. The lowest BCUT2D eigenvalue weighted by atomic mass is 10.1. The Bertz CT molecular complexity index is 544. The van der Waals surface area contributed by atoms with Crippen LogP contribution in [-0.4, -0.2) is 143 Å². The fraction of sp³-hybridized carbons (Fsp3) is 0.850. The van der Waals surface area contributed by atoms with Crippen LogP contribution in [0.25, 0.3) is 0 Å². The molecule has 11 nitrogen and oxygen atoms in total. The largest absolute Gasteiger partial charge is 0.480 e. The van der Waals surface area contributed by atoms with Crippen LogP contribution in [0, 0.1) is 5.92 Å². The van der Waals surface area contributed by atoms with E-state index in [2.05, 4.69) is 0 Å². The number of carbonyl (C=O) groups is 3. The molecule has 1 aliphatic heterocycles. The summed E-state index contributed by atoms with van der Waals surface area (Å²) < 4.78 is 0. The van der Waals surface area contributed by atoms with Crippen molar-refractivity contribution in [1.29, 1.82) is 0 Å². The second-order valence-electron chi connectivity index (χ2n) is 8.59. The van der Waals surface area contributed by atoms with Gasteiger partial charge in [0.25, 0.3) is 0 Å². The van der Waals surface area contributed by atoms with Crippen LogP contribution in [0.3, 0.4) is 0 Å². The van der Waals surface area contributed by atoms with Gasteiger partial charge >= 0.3 is 17.9 Å². The highest BCUT2D eigenvalue weighted by Crippen LogP contribution is 2.08. The van der Waals surface area contributed by atoms with Gasteiger partial charge in [0.15, 0.2) is 0 Å². The highest BCUT2D eigenvalue weighted by molar-refractivity contribution is 5.69. The number of aliphatic carboxylic acids is 3. The molecule has 1 saturated heterocycles. The maximum Gasteiger partial charge on any atom is 0.317 e. The van der Waals surface area contributed by atoms with E-state index < -0.39 is 24.0 Å². The van der Waals surface area contributed by atoms with Crippen molar-refractivity contribution in [2.24, 2.45) is 5.92 Å². The van der Waals surface area contributed by atoms with E-state index in [1.807, 2.05) is 18.7 Å². The van der Waals surface area contributed by atoms with Crippen molar-refractivity contribution in [1.82, 2.24) is 19.6 Å². The molecule has 31 heavy (non-hydrogen) atoms. The Morgan fingerprint density at radius 1 is 0.645 bits per heavy atom. The van der Waals surface area contributed by atoms with Crippen molar-refractivity contribution < 1.29 is 34.8 Å². The summed E-state index contributed by atoms with van der Waals surface area (Å²) in [4.78, 5) is 41.0. The summed E-state index contributed by atoms with van der Waals surface area (Å²) >= 11 is 0. The van der Waals surface area contributed by atoms with Crippen LogP contribution in [0.5, 0.6) is 0 Å². The molecule has 1 unspecified atom stereocenters. The predicted molar refractivity (Wildman–Crippen MR) is 114 cm³/mol. The summed E-state index contributed by atoms with van der Waals surface area (Å²) in [6.45, 7) is 7.53. The minimum Gasteiger partial charge on any atom is -0.480 e. The van der Waals surface area contributed by atoms with Gasteiger partial charge in [-0.15, -0.1) is 0 Å². The first kappa shape index (κ1) is 27.2. The Kier molecular flexibility index (Phi) is 12.6. The molecule has 0 aromatic carbocycles. The molecule has 180 valence electrons. The van der Waals surface area contributed by atoms with E-state index in [1.165, 1.54) is 0 Å². The third kappa shape index (κ3) is 13.3. The highest BCUT2D eigenvalue weighted by Gasteiger charge is 2.21. The van der Waals surface area contributed by atoms with Crippen LogP contribution >= 0.6 is 0 Å². The average Bonchev–Trinajstić information content (AvgIpc) is 2.62. The normalized spacial score (nSPS) is 20.1. The van der Waals surface area contributed by atoms with Crippen LogP contribution < -0.4 is 0 Å². The number of aliphatic hydroxyl groups is 1. The summed E-state index contributed by atoms with van der Waals surface area (Å²) in [6, 6.07) is 0. The Morgan fingerprint density at radius 2 is 0.935 bits per heavy atom.